The van der Waals surface area contributed by atoms with Crippen molar-refractivity contribution < 1.29 is 40.6 Å². The summed E-state index contributed by atoms with van der Waals surface area (Å²) in [5.41, 5.74) is -0.0000299. The average Bonchev–Trinajstić information content (AvgIpc) is 2.92. The topological polar surface area (TPSA) is 65.7 Å². The molecule has 0 radical (unpaired) electrons. The summed E-state index contributed by atoms with van der Waals surface area (Å²) in [6.07, 6.45) is -1.99. The molecule has 0 amide bonds. The summed E-state index contributed by atoms with van der Waals surface area (Å²) >= 11 is 1.33. The van der Waals surface area contributed by atoms with Crippen LogP contribution in [-0.2, 0) is 16.0 Å². The Morgan fingerprint density at radius 2 is 1.67 bits per heavy atom. The number of fused-ring (bicyclic) bond motifs is 1. The number of ether oxygens (including phenoxy) is 2. The van der Waals surface area contributed by atoms with Crippen molar-refractivity contribution in [2.45, 2.75) is 89.3 Å². The maximum absolute atomic E-state index is 14.2. The zero-order valence-electron chi connectivity index (χ0n) is 24.5. The fourth-order valence-electron chi connectivity index (χ4n) is 4.42. The number of aryl methyl sites for hydroxylation is 1. The first-order chi connectivity index (χ1) is 20.3. The van der Waals surface area contributed by atoms with Gasteiger partial charge in [0.15, 0.2) is 0 Å². The van der Waals surface area contributed by atoms with Gasteiger partial charge in [0, 0.05) is 28.7 Å². The van der Waals surface area contributed by atoms with Gasteiger partial charge in [-0.2, -0.15) is 0 Å². The first-order valence-corrected chi connectivity index (χ1v) is 15.4. The molecule has 3 rings (SSSR count). The maximum atomic E-state index is 14.2. The molecule has 1 aromatic heterocycles. The molecule has 1 heterocycles. The molecule has 2 aromatic carbocycles. The molecule has 5 nitrogen and oxygen atoms in total. The summed E-state index contributed by atoms with van der Waals surface area (Å²) < 4.78 is 82.7. The van der Waals surface area contributed by atoms with Crippen molar-refractivity contribution >= 4 is 28.7 Å². The molecule has 236 valence electrons. The third kappa shape index (κ3) is 11.2. The lowest BCUT2D eigenvalue weighted by Crippen LogP contribution is -2.18. The van der Waals surface area contributed by atoms with E-state index in [1.54, 1.807) is 38.1 Å². The van der Waals surface area contributed by atoms with Crippen LogP contribution in [0.1, 0.15) is 71.3 Å². The van der Waals surface area contributed by atoms with Crippen molar-refractivity contribution in [3.8, 4) is 16.9 Å². The zero-order chi connectivity index (χ0) is 31.6. The number of benzene rings is 2. The Bertz CT molecular complexity index is 1420. The predicted molar refractivity (Wildman–Crippen MR) is 158 cm³/mol. The molecule has 3 aromatic rings. The van der Waals surface area contributed by atoms with Crippen LogP contribution < -0.4 is 10.4 Å². The molecule has 0 bridgehead atoms. The standard InChI is InChI=1S/C32H37F5O5S/c1-4-5-6-9-22-10-13-25(28(18-22)42-32(35,36)37)26-19-23-11-12-24(20-27(23)41-30(26)39)43-17-8-15-31(33,34)14-7-16-40-29(38)21(2)3/h10-13,18-21H,4-9,14-17H2,1-3H3. The highest BCUT2D eigenvalue weighted by atomic mass is 32.2. The fourth-order valence-corrected chi connectivity index (χ4v) is 5.30. The van der Waals surface area contributed by atoms with E-state index in [1.807, 2.05) is 6.92 Å². The van der Waals surface area contributed by atoms with Crippen LogP contribution in [0.3, 0.4) is 0 Å². The normalized spacial score (nSPS) is 12.2. The molecule has 0 fully saturated rings. The molecule has 0 N–H and O–H groups in total. The Labute approximate surface area is 252 Å². The van der Waals surface area contributed by atoms with Crippen LogP contribution in [0, 0.1) is 5.92 Å². The highest BCUT2D eigenvalue weighted by Gasteiger charge is 2.33. The number of hydrogen-bond donors (Lipinski definition) is 0. The smallest absolute Gasteiger partial charge is 0.465 e. The van der Waals surface area contributed by atoms with E-state index in [0.29, 0.717) is 28.0 Å². The average molecular weight is 629 g/mol. The number of carbonyl (C=O) groups is 1. The van der Waals surface area contributed by atoms with Gasteiger partial charge in [0.1, 0.15) is 11.3 Å². The Kier molecular flexibility index (Phi) is 12.5. The molecule has 0 aliphatic carbocycles. The van der Waals surface area contributed by atoms with E-state index in [4.69, 9.17) is 9.15 Å². The SMILES string of the molecule is CCCCCc1ccc(-c2cc3ccc(SCCCC(F)(F)CCCOC(=O)C(C)C)cc3oc2=O)c(OC(F)(F)F)c1. The van der Waals surface area contributed by atoms with Crippen LogP contribution in [0.2, 0.25) is 0 Å². The predicted octanol–water partition coefficient (Wildman–Crippen LogP) is 9.58. The third-order valence-corrected chi connectivity index (χ3v) is 7.78. The molecule has 0 aliphatic heterocycles. The first kappa shape index (κ1) is 34.4. The van der Waals surface area contributed by atoms with Crippen molar-refractivity contribution in [2.75, 3.05) is 12.4 Å². The van der Waals surface area contributed by atoms with Crippen molar-refractivity contribution in [1.82, 2.24) is 0 Å². The molecule has 0 atom stereocenters. The van der Waals surface area contributed by atoms with Crippen molar-refractivity contribution in [3.05, 3.63) is 58.4 Å². The van der Waals surface area contributed by atoms with Crippen molar-refractivity contribution in [2.24, 2.45) is 5.92 Å². The molecule has 0 spiro atoms. The molecule has 0 saturated carbocycles. The fraction of sp³-hybridized carbons (Fsp3) is 0.500. The minimum Gasteiger partial charge on any atom is -0.465 e. The summed E-state index contributed by atoms with van der Waals surface area (Å²) in [5, 5.41) is 0.494. The molecule has 0 saturated heterocycles. The van der Waals surface area contributed by atoms with E-state index in [2.05, 4.69) is 4.74 Å². The lowest BCUT2D eigenvalue weighted by Gasteiger charge is -2.16. The molecular weight excluding hydrogens is 591 g/mol. The number of thioether (sulfide) groups is 1. The van der Waals surface area contributed by atoms with E-state index in [9.17, 15) is 31.5 Å². The quantitative estimate of drug-likeness (QED) is 0.0518. The summed E-state index contributed by atoms with van der Waals surface area (Å²) in [5.74, 6) is -3.65. The number of alkyl halides is 5. The maximum Gasteiger partial charge on any atom is 0.573 e. The molecule has 0 unspecified atom stereocenters. The van der Waals surface area contributed by atoms with E-state index in [-0.39, 0.29) is 54.9 Å². The van der Waals surface area contributed by atoms with Gasteiger partial charge in [-0.25, -0.2) is 13.6 Å². The molecule has 0 aliphatic rings. The van der Waals surface area contributed by atoms with Gasteiger partial charge in [0.25, 0.3) is 0 Å². The number of halogens is 5. The second kappa shape index (κ2) is 15.6. The highest BCUT2D eigenvalue weighted by molar-refractivity contribution is 7.99. The third-order valence-electron chi connectivity index (χ3n) is 6.70. The molecule has 43 heavy (non-hydrogen) atoms. The van der Waals surface area contributed by atoms with Crippen LogP contribution in [-0.4, -0.2) is 30.6 Å². The van der Waals surface area contributed by atoms with Crippen LogP contribution >= 0.6 is 11.8 Å². The number of unbranched alkanes of at least 4 members (excludes halogenated alkanes) is 2. The van der Waals surface area contributed by atoms with Crippen LogP contribution in [0.15, 0.2) is 56.6 Å². The van der Waals surface area contributed by atoms with Crippen molar-refractivity contribution in [3.63, 3.8) is 0 Å². The summed E-state index contributed by atoms with van der Waals surface area (Å²) in [7, 11) is 0. The highest BCUT2D eigenvalue weighted by Crippen LogP contribution is 2.36. The Hall–Kier alpha value is -3.08. The summed E-state index contributed by atoms with van der Waals surface area (Å²) in [6.45, 7) is 5.35. The van der Waals surface area contributed by atoms with Crippen LogP contribution in [0.5, 0.6) is 5.75 Å². The van der Waals surface area contributed by atoms with Gasteiger partial charge in [0.2, 0.25) is 5.92 Å². The molecule has 11 heteroatoms. The minimum absolute atomic E-state index is 0.0234. The number of rotatable bonds is 16. The first-order valence-electron chi connectivity index (χ1n) is 14.4. The lowest BCUT2D eigenvalue weighted by molar-refractivity contribution is -0.274. The lowest BCUT2D eigenvalue weighted by atomic mass is 10.00. The zero-order valence-corrected chi connectivity index (χ0v) is 25.3. The number of hydrogen-bond acceptors (Lipinski definition) is 6. The van der Waals surface area contributed by atoms with Gasteiger partial charge in [-0.05, 0) is 61.3 Å². The monoisotopic (exact) mass is 628 g/mol. The van der Waals surface area contributed by atoms with E-state index in [1.165, 1.54) is 30.0 Å². The second-order valence-electron chi connectivity index (χ2n) is 10.7. The van der Waals surface area contributed by atoms with Gasteiger partial charge < -0.3 is 13.9 Å². The largest absolute Gasteiger partial charge is 0.573 e. The van der Waals surface area contributed by atoms with E-state index in [0.717, 1.165) is 19.3 Å². The van der Waals surface area contributed by atoms with E-state index >= 15 is 0 Å². The van der Waals surface area contributed by atoms with E-state index < -0.39 is 29.6 Å². The Balaban J connectivity index is 1.65. The molecular formula is C32H37F5O5S. The summed E-state index contributed by atoms with van der Waals surface area (Å²) in [6, 6.07) is 10.9. The second-order valence-corrected chi connectivity index (χ2v) is 11.9. The van der Waals surface area contributed by atoms with Gasteiger partial charge in [0.05, 0.1) is 18.1 Å². The van der Waals surface area contributed by atoms with Crippen LogP contribution in [0.25, 0.3) is 22.1 Å². The summed E-state index contributed by atoms with van der Waals surface area (Å²) in [4.78, 5) is 25.0. The number of carbonyl (C=O) groups excluding carboxylic acids is 1. The Morgan fingerprint density at radius 1 is 0.930 bits per heavy atom. The van der Waals surface area contributed by atoms with Gasteiger partial charge in [-0.15, -0.1) is 24.9 Å². The van der Waals surface area contributed by atoms with Gasteiger partial charge in [-0.3, -0.25) is 4.79 Å². The Morgan fingerprint density at radius 3 is 2.37 bits per heavy atom. The van der Waals surface area contributed by atoms with Gasteiger partial charge >= 0.3 is 18.0 Å². The number of esters is 1. The van der Waals surface area contributed by atoms with Crippen LogP contribution in [0.4, 0.5) is 22.0 Å². The minimum atomic E-state index is -4.94. The van der Waals surface area contributed by atoms with Crippen molar-refractivity contribution in [1.29, 1.82) is 0 Å². The van der Waals surface area contributed by atoms with Gasteiger partial charge in [-0.1, -0.05) is 51.8 Å².